The highest BCUT2D eigenvalue weighted by molar-refractivity contribution is 6.18. The monoisotopic (exact) mass is 133 g/mol. The van der Waals surface area contributed by atoms with Crippen LogP contribution in [0.15, 0.2) is 12.2 Å². The summed E-state index contributed by atoms with van der Waals surface area (Å²) in [6.07, 6.45) is 3.62. The summed E-state index contributed by atoms with van der Waals surface area (Å²) in [5.74, 6) is 0.110. The quantitative estimate of drug-likeness (QED) is 0.446. The second kappa shape index (κ2) is 4.65. The van der Waals surface area contributed by atoms with Crippen molar-refractivity contribution in [3.8, 4) is 0 Å². The third-order valence-corrected chi connectivity index (χ3v) is 0.753. The fraction of sp³-hybridized carbons (Fsp3) is 0.400. The van der Waals surface area contributed by atoms with Gasteiger partial charge in [-0.15, -0.1) is 11.6 Å². The molecule has 8 heavy (non-hydrogen) atoms. The van der Waals surface area contributed by atoms with Gasteiger partial charge in [-0.1, -0.05) is 12.2 Å². The number of carbonyl (C=O) groups is 1. The molecule has 46 valence electrons. The van der Waals surface area contributed by atoms with Crippen LogP contribution >= 0.6 is 11.6 Å². The lowest BCUT2D eigenvalue weighted by atomic mass is 10.4. The molecule has 0 aromatic rings. The van der Waals surface area contributed by atoms with E-state index in [1.165, 1.54) is 0 Å². The Morgan fingerprint density at radius 3 is 2.62 bits per heavy atom. The molecule has 0 aliphatic rings. The summed E-state index contributed by atoms with van der Waals surface area (Å²) in [4.78, 5) is 10.0. The highest BCUT2D eigenvalue weighted by Gasteiger charge is 1.83. The molecule has 2 N–H and O–H groups in total. The van der Waals surface area contributed by atoms with Gasteiger partial charge in [-0.05, 0) is 0 Å². The second-order valence-corrected chi connectivity index (χ2v) is 1.60. The largest absolute Gasteiger partial charge is 0.369 e. The van der Waals surface area contributed by atoms with Gasteiger partial charge in [0.1, 0.15) is 0 Å². The van der Waals surface area contributed by atoms with Gasteiger partial charge >= 0.3 is 0 Å². The standard InChI is InChI=1S/C5H8ClNO/c6-4-2-1-3-5(7)8/h1-2H,3-4H2,(H2,7,8)/b2-1+. The maximum Gasteiger partial charge on any atom is 0.221 e. The summed E-state index contributed by atoms with van der Waals surface area (Å²) in [6.45, 7) is 0. The van der Waals surface area contributed by atoms with Crippen LogP contribution in [0.3, 0.4) is 0 Å². The van der Waals surface area contributed by atoms with Crippen LogP contribution in [-0.2, 0) is 4.79 Å². The molecule has 0 aromatic heterocycles. The summed E-state index contributed by atoms with van der Waals surface area (Å²) in [5.41, 5.74) is 4.80. The third-order valence-electron chi connectivity index (χ3n) is 0.575. The first-order valence-corrected chi connectivity index (χ1v) is 2.80. The molecule has 0 aliphatic carbocycles. The highest BCUT2D eigenvalue weighted by Crippen LogP contribution is 1.82. The lowest BCUT2D eigenvalue weighted by Gasteiger charge is -1.80. The summed E-state index contributed by atoms with van der Waals surface area (Å²) in [6, 6.07) is 0. The molecule has 0 aliphatic heterocycles. The number of carbonyl (C=O) groups excluding carboxylic acids is 1. The first-order valence-electron chi connectivity index (χ1n) is 2.26. The Hall–Kier alpha value is -0.500. The zero-order valence-electron chi connectivity index (χ0n) is 4.43. The zero-order valence-corrected chi connectivity index (χ0v) is 5.19. The van der Waals surface area contributed by atoms with Gasteiger partial charge in [0.15, 0.2) is 0 Å². The number of amides is 1. The van der Waals surface area contributed by atoms with E-state index >= 15 is 0 Å². The molecule has 0 spiro atoms. The van der Waals surface area contributed by atoms with Crippen molar-refractivity contribution in [2.75, 3.05) is 5.88 Å². The molecule has 3 heteroatoms. The van der Waals surface area contributed by atoms with Gasteiger partial charge in [0.05, 0.1) is 0 Å². The van der Waals surface area contributed by atoms with E-state index in [2.05, 4.69) is 0 Å². The van der Waals surface area contributed by atoms with Crippen molar-refractivity contribution in [2.24, 2.45) is 5.73 Å². The molecule has 0 saturated heterocycles. The van der Waals surface area contributed by atoms with E-state index in [0.717, 1.165) is 0 Å². The number of rotatable bonds is 3. The molecule has 0 rings (SSSR count). The molecule has 0 radical (unpaired) electrons. The average Bonchev–Trinajstić information content (AvgIpc) is 1.66. The molecule has 2 nitrogen and oxygen atoms in total. The molecule has 0 aromatic carbocycles. The van der Waals surface area contributed by atoms with E-state index in [1.807, 2.05) is 0 Å². The van der Waals surface area contributed by atoms with Gasteiger partial charge in [0, 0.05) is 12.3 Å². The van der Waals surface area contributed by atoms with Gasteiger partial charge in [0.2, 0.25) is 5.91 Å². The highest BCUT2D eigenvalue weighted by atomic mass is 35.5. The Labute approximate surface area is 53.3 Å². The summed E-state index contributed by atoms with van der Waals surface area (Å²) in [5, 5.41) is 0. The van der Waals surface area contributed by atoms with Crippen LogP contribution < -0.4 is 5.73 Å². The van der Waals surface area contributed by atoms with Crippen LogP contribution in [0.5, 0.6) is 0 Å². The van der Waals surface area contributed by atoms with E-state index in [4.69, 9.17) is 17.3 Å². The fourth-order valence-electron chi connectivity index (χ4n) is 0.262. The van der Waals surface area contributed by atoms with Crippen molar-refractivity contribution in [3.05, 3.63) is 12.2 Å². The predicted octanol–water partition coefficient (Wildman–Crippen LogP) is 0.657. The number of hydrogen-bond donors (Lipinski definition) is 1. The average molecular weight is 134 g/mol. The maximum absolute atomic E-state index is 10.0. The van der Waals surface area contributed by atoms with E-state index in [9.17, 15) is 4.79 Å². The van der Waals surface area contributed by atoms with E-state index < -0.39 is 0 Å². The first kappa shape index (κ1) is 7.50. The van der Waals surface area contributed by atoms with Crippen LogP contribution in [-0.4, -0.2) is 11.8 Å². The molecular weight excluding hydrogens is 126 g/mol. The van der Waals surface area contributed by atoms with Crippen molar-refractivity contribution in [2.45, 2.75) is 6.42 Å². The van der Waals surface area contributed by atoms with E-state index in [0.29, 0.717) is 5.88 Å². The van der Waals surface area contributed by atoms with Crippen molar-refractivity contribution < 1.29 is 4.79 Å². The summed E-state index contributed by atoms with van der Waals surface area (Å²) < 4.78 is 0. The molecule has 0 atom stereocenters. The molecule has 0 heterocycles. The van der Waals surface area contributed by atoms with Crippen molar-refractivity contribution in [1.82, 2.24) is 0 Å². The zero-order chi connectivity index (χ0) is 6.41. The first-order chi connectivity index (χ1) is 3.77. The number of allylic oxidation sites excluding steroid dienone is 1. The fourth-order valence-corrected chi connectivity index (χ4v) is 0.388. The maximum atomic E-state index is 10.0. The summed E-state index contributed by atoms with van der Waals surface area (Å²) in [7, 11) is 0. The minimum Gasteiger partial charge on any atom is -0.369 e. The van der Waals surface area contributed by atoms with E-state index in [-0.39, 0.29) is 12.3 Å². The number of nitrogens with two attached hydrogens (primary N) is 1. The smallest absolute Gasteiger partial charge is 0.221 e. The van der Waals surface area contributed by atoms with Crippen molar-refractivity contribution >= 4 is 17.5 Å². The molecule has 0 bridgehead atoms. The molecule has 1 amide bonds. The normalized spacial score (nSPS) is 10.1. The van der Waals surface area contributed by atoms with Gasteiger partial charge in [-0.2, -0.15) is 0 Å². The third kappa shape index (κ3) is 5.50. The molecule has 0 unspecified atom stereocenters. The number of hydrogen-bond acceptors (Lipinski definition) is 1. The van der Waals surface area contributed by atoms with E-state index in [1.54, 1.807) is 12.2 Å². The lowest BCUT2D eigenvalue weighted by molar-refractivity contribution is -0.117. The van der Waals surface area contributed by atoms with Gasteiger partial charge in [-0.25, -0.2) is 0 Å². The van der Waals surface area contributed by atoms with Crippen LogP contribution in [0.1, 0.15) is 6.42 Å². The van der Waals surface area contributed by atoms with Crippen molar-refractivity contribution in [3.63, 3.8) is 0 Å². The lowest BCUT2D eigenvalue weighted by Crippen LogP contribution is -2.07. The number of halogens is 1. The Bertz CT molecular complexity index is 101. The Kier molecular flexibility index (Phi) is 4.36. The Morgan fingerprint density at radius 2 is 2.25 bits per heavy atom. The van der Waals surface area contributed by atoms with Gasteiger partial charge in [-0.3, -0.25) is 4.79 Å². The minimum atomic E-state index is -0.327. The number of alkyl halides is 1. The summed E-state index contributed by atoms with van der Waals surface area (Å²) >= 11 is 5.25. The molecular formula is C5H8ClNO. The molecule has 0 saturated carbocycles. The minimum absolute atomic E-state index is 0.284. The SMILES string of the molecule is NC(=O)C/C=C/CCl. The Balaban J connectivity index is 3.16. The topological polar surface area (TPSA) is 43.1 Å². The van der Waals surface area contributed by atoms with Crippen molar-refractivity contribution in [1.29, 1.82) is 0 Å². The van der Waals surface area contributed by atoms with Gasteiger partial charge < -0.3 is 5.73 Å². The van der Waals surface area contributed by atoms with Crippen LogP contribution in [0, 0.1) is 0 Å². The second-order valence-electron chi connectivity index (χ2n) is 1.30. The molecule has 0 fully saturated rings. The van der Waals surface area contributed by atoms with Crippen LogP contribution in [0.25, 0.3) is 0 Å². The number of primary amides is 1. The Morgan fingerprint density at radius 1 is 1.62 bits per heavy atom. The van der Waals surface area contributed by atoms with Gasteiger partial charge in [0.25, 0.3) is 0 Å². The van der Waals surface area contributed by atoms with Crippen LogP contribution in [0.4, 0.5) is 0 Å². The predicted molar refractivity (Wildman–Crippen MR) is 33.7 cm³/mol. The van der Waals surface area contributed by atoms with Crippen LogP contribution in [0.2, 0.25) is 0 Å².